The number of nitrogens with zero attached hydrogens (tertiary/aromatic N) is 4. The molecule has 8 heteroatoms. The molecule has 150 valence electrons. The van der Waals surface area contributed by atoms with E-state index in [0.717, 1.165) is 5.69 Å². The fourth-order valence-electron chi connectivity index (χ4n) is 3.29. The van der Waals surface area contributed by atoms with Gasteiger partial charge in [0.25, 0.3) is 16.9 Å². The van der Waals surface area contributed by atoms with Crippen molar-refractivity contribution in [2.75, 3.05) is 5.43 Å². The van der Waals surface area contributed by atoms with Gasteiger partial charge in [-0.2, -0.15) is 10.1 Å². The van der Waals surface area contributed by atoms with Crippen molar-refractivity contribution in [3.63, 3.8) is 0 Å². The molecule has 0 radical (unpaired) electrons. The van der Waals surface area contributed by atoms with E-state index in [-0.39, 0.29) is 11.1 Å². The highest BCUT2D eigenvalue weighted by Crippen LogP contribution is 2.13. The number of H-pyrrole nitrogens is 1. The Morgan fingerprint density at radius 1 is 0.806 bits per heavy atom. The molecule has 2 N–H and O–H groups in total. The molecule has 0 aliphatic rings. The second-order valence-electron chi connectivity index (χ2n) is 6.78. The molecular formula is C23H16N6O2. The summed E-state index contributed by atoms with van der Waals surface area (Å²) in [4.78, 5) is 34.4. The van der Waals surface area contributed by atoms with Gasteiger partial charge in [0.2, 0.25) is 0 Å². The lowest BCUT2D eigenvalue weighted by molar-refractivity contribution is 0.902. The van der Waals surface area contributed by atoms with Crippen LogP contribution < -0.4 is 21.9 Å². The fourth-order valence-corrected chi connectivity index (χ4v) is 3.29. The molecule has 5 rings (SSSR count). The van der Waals surface area contributed by atoms with Crippen molar-refractivity contribution in [3.05, 3.63) is 111 Å². The van der Waals surface area contributed by atoms with Crippen LogP contribution in [-0.4, -0.2) is 19.6 Å². The number of fused-ring (bicyclic) bond motifs is 3. The van der Waals surface area contributed by atoms with E-state index < -0.39 is 11.1 Å². The molecule has 0 saturated carbocycles. The van der Waals surface area contributed by atoms with Crippen molar-refractivity contribution >= 4 is 22.4 Å². The number of hydrogen-bond donors (Lipinski definition) is 2. The van der Waals surface area contributed by atoms with E-state index in [4.69, 9.17) is 0 Å². The number of aromatic nitrogens is 4. The molecule has 3 aromatic carbocycles. The van der Waals surface area contributed by atoms with Gasteiger partial charge >= 0.3 is 0 Å². The van der Waals surface area contributed by atoms with Gasteiger partial charge in [-0.05, 0) is 24.3 Å². The summed E-state index contributed by atoms with van der Waals surface area (Å²) in [6.45, 7) is 0. The monoisotopic (exact) mass is 408 g/mol. The van der Waals surface area contributed by atoms with Crippen LogP contribution in [0.1, 0.15) is 0 Å². The van der Waals surface area contributed by atoms with E-state index in [0.29, 0.717) is 22.2 Å². The van der Waals surface area contributed by atoms with Crippen LogP contribution in [0.3, 0.4) is 0 Å². The smallest absolute Gasteiger partial charge is 0.278 e. The Morgan fingerprint density at radius 3 is 2.26 bits per heavy atom. The van der Waals surface area contributed by atoms with Crippen LogP contribution in [0.5, 0.6) is 0 Å². The molecule has 31 heavy (non-hydrogen) atoms. The van der Waals surface area contributed by atoms with E-state index in [2.05, 4.69) is 25.6 Å². The second kappa shape index (κ2) is 7.68. The molecule has 0 atom stereocenters. The van der Waals surface area contributed by atoms with Crippen molar-refractivity contribution in [3.8, 4) is 11.3 Å². The van der Waals surface area contributed by atoms with Crippen LogP contribution in [0, 0.1) is 0 Å². The van der Waals surface area contributed by atoms with Gasteiger partial charge in [0, 0.05) is 5.56 Å². The molecule has 0 unspecified atom stereocenters. The third-order valence-electron chi connectivity index (χ3n) is 4.76. The third kappa shape index (κ3) is 3.46. The van der Waals surface area contributed by atoms with E-state index in [1.165, 1.54) is 4.52 Å². The summed E-state index contributed by atoms with van der Waals surface area (Å²) < 4.78 is 1.41. The number of hydrogen-bond acceptors (Lipinski definition) is 6. The molecule has 0 amide bonds. The average molecular weight is 408 g/mol. The molecule has 0 fully saturated rings. The first-order valence-corrected chi connectivity index (χ1v) is 9.57. The minimum Gasteiger partial charge on any atom is -0.278 e. The summed E-state index contributed by atoms with van der Waals surface area (Å²) in [6, 6.07) is 25.4. The van der Waals surface area contributed by atoms with E-state index >= 15 is 0 Å². The first-order chi connectivity index (χ1) is 15.2. The Balaban J connectivity index is 1.89. The predicted octanol–water partition coefficient (Wildman–Crippen LogP) is 2.53. The van der Waals surface area contributed by atoms with Gasteiger partial charge in [-0.25, -0.2) is 9.50 Å². The first-order valence-electron chi connectivity index (χ1n) is 9.57. The van der Waals surface area contributed by atoms with Gasteiger partial charge in [0.15, 0.2) is 5.36 Å². The molecule has 0 bridgehead atoms. The van der Waals surface area contributed by atoms with Crippen molar-refractivity contribution < 1.29 is 0 Å². The summed E-state index contributed by atoms with van der Waals surface area (Å²) in [7, 11) is 0. The minimum absolute atomic E-state index is 0.0667. The second-order valence-corrected chi connectivity index (χ2v) is 6.78. The lowest BCUT2D eigenvalue weighted by atomic mass is 10.1. The maximum Gasteiger partial charge on any atom is 0.292 e. The molecule has 2 heterocycles. The number of anilines is 1. The summed E-state index contributed by atoms with van der Waals surface area (Å²) in [6.07, 6.45) is 0. The first kappa shape index (κ1) is 18.4. The van der Waals surface area contributed by atoms with Crippen LogP contribution >= 0.6 is 0 Å². The summed E-state index contributed by atoms with van der Waals surface area (Å²) in [5.41, 5.74) is 4.18. The Morgan fingerprint density at radius 2 is 1.48 bits per heavy atom. The van der Waals surface area contributed by atoms with Crippen molar-refractivity contribution in [2.24, 2.45) is 5.10 Å². The maximum absolute atomic E-state index is 13.2. The number of benzene rings is 3. The zero-order valence-electron chi connectivity index (χ0n) is 16.2. The van der Waals surface area contributed by atoms with Gasteiger partial charge in [-0.15, -0.1) is 0 Å². The maximum atomic E-state index is 13.2. The standard InChI is InChI=1S/C23H16N6O2/c30-21-17-13-7-8-14-18(17)29-23(25-21)24-19(15-9-3-1-4-10-15)20(22(31)28-29)27-26-16-11-5-2-6-12-16/h1-14,26H,(H,28,31). The van der Waals surface area contributed by atoms with E-state index in [1.807, 2.05) is 60.7 Å². The van der Waals surface area contributed by atoms with Crippen LogP contribution in [0.2, 0.25) is 0 Å². The zero-order valence-corrected chi connectivity index (χ0v) is 16.2. The number of rotatable bonds is 3. The van der Waals surface area contributed by atoms with Crippen LogP contribution in [0.15, 0.2) is 99.6 Å². The Kier molecular flexibility index (Phi) is 4.57. The highest BCUT2D eigenvalue weighted by atomic mass is 16.1. The van der Waals surface area contributed by atoms with Gasteiger partial charge < -0.3 is 0 Å². The SMILES string of the molecule is O=c1[nH]n2c(nc(-c3ccccc3)c1=NNc1ccccc1)nc(=O)c1ccccc12. The minimum atomic E-state index is -0.486. The fraction of sp³-hybridized carbons (Fsp3) is 0. The van der Waals surface area contributed by atoms with Gasteiger partial charge in [0.1, 0.15) is 5.69 Å². The zero-order chi connectivity index (χ0) is 21.2. The number of aromatic amines is 1. The highest BCUT2D eigenvalue weighted by molar-refractivity contribution is 5.79. The summed E-state index contributed by atoms with van der Waals surface area (Å²) >= 11 is 0. The van der Waals surface area contributed by atoms with E-state index in [1.54, 1.807) is 24.3 Å². The van der Waals surface area contributed by atoms with Gasteiger partial charge in [-0.1, -0.05) is 60.7 Å². The third-order valence-corrected chi connectivity index (χ3v) is 4.76. The van der Waals surface area contributed by atoms with Crippen molar-refractivity contribution in [1.82, 2.24) is 19.6 Å². The van der Waals surface area contributed by atoms with Crippen LogP contribution in [-0.2, 0) is 0 Å². The Hall–Kier alpha value is -4.59. The quantitative estimate of drug-likeness (QED) is 0.447. The lowest BCUT2D eigenvalue weighted by Crippen LogP contribution is -2.29. The molecule has 8 nitrogen and oxygen atoms in total. The molecule has 0 spiro atoms. The lowest BCUT2D eigenvalue weighted by Gasteiger charge is -2.01. The van der Waals surface area contributed by atoms with Crippen LogP contribution in [0.25, 0.3) is 27.9 Å². The van der Waals surface area contributed by atoms with Crippen LogP contribution in [0.4, 0.5) is 5.69 Å². The predicted molar refractivity (Wildman–Crippen MR) is 118 cm³/mol. The molecule has 2 aromatic heterocycles. The highest BCUT2D eigenvalue weighted by Gasteiger charge is 2.11. The van der Waals surface area contributed by atoms with E-state index in [9.17, 15) is 9.59 Å². The van der Waals surface area contributed by atoms with Crippen molar-refractivity contribution in [1.29, 1.82) is 0 Å². The summed E-state index contributed by atoms with van der Waals surface area (Å²) in [5.74, 6) is 0.0702. The number of para-hydroxylation sites is 2. The number of nitrogens with one attached hydrogen (secondary N) is 2. The van der Waals surface area contributed by atoms with Gasteiger partial charge in [0.05, 0.1) is 16.6 Å². The molecule has 0 aliphatic carbocycles. The molecule has 0 aliphatic heterocycles. The topological polar surface area (TPSA) is 105 Å². The normalized spacial score (nSPS) is 11.7. The summed E-state index contributed by atoms with van der Waals surface area (Å²) in [5, 5.41) is 7.56. The molecular weight excluding hydrogens is 392 g/mol. The van der Waals surface area contributed by atoms with Gasteiger partial charge in [-0.3, -0.25) is 20.1 Å². The Bertz CT molecular complexity index is 1590. The Labute approximate surface area is 175 Å². The average Bonchev–Trinajstić information content (AvgIpc) is 2.95. The molecule has 0 saturated heterocycles. The van der Waals surface area contributed by atoms with Crippen molar-refractivity contribution in [2.45, 2.75) is 0 Å². The molecule has 5 aromatic rings. The largest absolute Gasteiger partial charge is 0.292 e.